The number of ether oxygens (including phenoxy) is 2. The second-order valence-electron chi connectivity index (χ2n) is 7.35. The average Bonchev–Trinajstić information content (AvgIpc) is 2.81. The summed E-state index contributed by atoms with van der Waals surface area (Å²) < 4.78 is 12.8. The maximum absolute atomic E-state index is 13.3. The normalized spacial score (nSPS) is 14.8. The molecule has 3 aromatic rings. The summed E-state index contributed by atoms with van der Waals surface area (Å²) in [6.45, 7) is 0.231. The maximum Gasteiger partial charge on any atom is 0.270 e. The summed E-state index contributed by atoms with van der Waals surface area (Å²) in [6.07, 6.45) is 1.48. The molecule has 0 aromatic heterocycles. The number of benzene rings is 3. The van der Waals surface area contributed by atoms with Gasteiger partial charge in [0.1, 0.15) is 12.2 Å². The smallest absolute Gasteiger partial charge is 0.270 e. The zero-order chi connectivity index (χ0) is 25.1. The van der Waals surface area contributed by atoms with Gasteiger partial charge in [0.05, 0.1) is 17.3 Å². The first kappa shape index (κ1) is 25.4. The van der Waals surface area contributed by atoms with Crippen molar-refractivity contribution in [1.82, 2.24) is 5.32 Å². The number of nitrogens with zero attached hydrogens (tertiary/aromatic N) is 1. The number of thiocarbonyl (C=S) groups is 1. The van der Waals surface area contributed by atoms with Gasteiger partial charge in [0, 0.05) is 15.1 Å². The second kappa shape index (κ2) is 10.9. The molecule has 1 aliphatic heterocycles. The van der Waals surface area contributed by atoms with Crippen molar-refractivity contribution in [2.45, 2.75) is 6.61 Å². The Hall–Kier alpha value is -2.72. The number of methoxy groups -OCH3 is 1. The summed E-state index contributed by atoms with van der Waals surface area (Å²) in [5, 5.41) is 3.19. The zero-order valence-electron chi connectivity index (χ0n) is 18.2. The summed E-state index contributed by atoms with van der Waals surface area (Å²) in [5.41, 5.74) is 1.83. The molecule has 2 amide bonds. The zero-order valence-corrected chi connectivity index (χ0v) is 22.9. The van der Waals surface area contributed by atoms with E-state index in [0.717, 1.165) is 10.0 Å². The summed E-state index contributed by atoms with van der Waals surface area (Å²) in [7, 11) is 1.51. The Morgan fingerprint density at radius 3 is 2.57 bits per heavy atom. The number of carbonyl (C=O) groups is 2. The van der Waals surface area contributed by atoms with Crippen LogP contribution in [0, 0.1) is 0 Å². The Kier molecular flexibility index (Phi) is 7.91. The van der Waals surface area contributed by atoms with Crippen LogP contribution in [0.4, 0.5) is 5.69 Å². The summed E-state index contributed by atoms with van der Waals surface area (Å²) in [6, 6.07) is 17.9. The van der Waals surface area contributed by atoms with E-state index in [1.165, 1.54) is 18.1 Å². The first-order valence-electron chi connectivity index (χ1n) is 10.2. The molecule has 6 nitrogen and oxygen atoms in total. The Morgan fingerprint density at radius 2 is 1.86 bits per heavy atom. The van der Waals surface area contributed by atoms with Gasteiger partial charge in [0.25, 0.3) is 11.8 Å². The molecule has 0 atom stereocenters. The molecular weight excluding hydrogens is 620 g/mol. The molecule has 0 aliphatic carbocycles. The average molecular weight is 637 g/mol. The number of hydrogen-bond donors (Lipinski definition) is 1. The number of nitrogens with one attached hydrogen (secondary N) is 1. The third kappa shape index (κ3) is 5.59. The molecule has 10 heteroatoms. The van der Waals surface area contributed by atoms with Crippen molar-refractivity contribution in [3.05, 3.63) is 91.3 Å². The molecule has 3 aromatic carbocycles. The molecule has 0 bridgehead atoms. The third-order valence-electron chi connectivity index (χ3n) is 5.06. The van der Waals surface area contributed by atoms with Crippen LogP contribution in [0.2, 0.25) is 5.02 Å². The van der Waals surface area contributed by atoms with Gasteiger partial charge in [-0.15, -0.1) is 0 Å². The van der Waals surface area contributed by atoms with Gasteiger partial charge in [0.15, 0.2) is 16.6 Å². The predicted octanol–water partition coefficient (Wildman–Crippen LogP) is 6.28. The number of anilines is 1. The Bertz CT molecular complexity index is 1380. The highest BCUT2D eigenvalue weighted by Crippen LogP contribution is 2.38. The van der Waals surface area contributed by atoms with E-state index in [1.54, 1.807) is 36.4 Å². The van der Waals surface area contributed by atoms with Crippen molar-refractivity contribution in [1.29, 1.82) is 0 Å². The van der Waals surface area contributed by atoms with Gasteiger partial charge in [-0.3, -0.25) is 19.8 Å². The molecule has 1 saturated heterocycles. The van der Waals surface area contributed by atoms with Crippen LogP contribution in [0.3, 0.4) is 0 Å². The molecule has 0 spiro atoms. The van der Waals surface area contributed by atoms with Gasteiger partial charge in [-0.05, 0) is 76.2 Å². The number of carbonyl (C=O) groups excluding carboxylic acids is 2. The van der Waals surface area contributed by atoms with E-state index >= 15 is 0 Å². The molecule has 1 heterocycles. The highest BCUT2D eigenvalue weighted by Gasteiger charge is 2.34. The van der Waals surface area contributed by atoms with E-state index in [2.05, 4.69) is 37.2 Å². The molecule has 35 heavy (non-hydrogen) atoms. The van der Waals surface area contributed by atoms with E-state index in [-0.39, 0.29) is 17.3 Å². The van der Waals surface area contributed by atoms with Gasteiger partial charge in [0.2, 0.25) is 0 Å². The minimum Gasteiger partial charge on any atom is -0.493 e. The van der Waals surface area contributed by atoms with Crippen molar-refractivity contribution in [2.75, 3.05) is 12.0 Å². The minimum atomic E-state index is -0.583. The molecule has 1 N–H and O–H groups in total. The van der Waals surface area contributed by atoms with Gasteiger partial charge < -0.3 is 9.47 Å². The molecule has 0 radical (unpaired) electrons. The van der Waals surface area contributed by atoms with Crippen LogP contribution in [0.5, 0.6) is 11.5 Å². The summed E-state index contributed by atoms with van der Waals surface area (Å²) in [4.78, 5) is 27.2. The van der Waals surface area contributed by atoms with Crippen LogP contribution in [0.25, 0.3) is 6.08 Å². The van der Waals surface area contributed by atoms with E-state index in [9.17, 15) is 9.59 Å². The topological polar surface area (TPSA) is 67.9 Å². The fraction of sp³-hybridized carbons (Fsp3) is 0.0800. The summed E-state index contributed by atoms with van der Waals surface area (Å²) >= 11 is 18.4. The fourth-order valence-electron chi connectivity index (χ4n) is 3.40. The lowest BCUT2D eigenvalue weighted by Gasteiger charge is -2.29. The minimum absolute atomic E-state index is 0.0114. The largest absolute Gasteiger partial charge is 0.493 e. The Morgan fingerprint density at radius 1 is 1.09 bits per heavy atom. The lowest BCUT2D eigenvalue weighted by atomic mass is 10.1. The van der Waals surface area contributed by atoms with Crippen molar-refractivity contribution >= 4 is 84.4 Å². The lowest BCUT2D eigenvalue weighted by Crippen LogP contribution is -2.54. The molecule has 4 rings (SSSR count). The van der Waals surface area contributed by atoms with Gasteiger partial charge in [-0.1, -0.05) is 51.8 Å². The highest BCUT2D eigenvalue weighted by molar-refractivity contribution is 9.10. The fourth-order valence-corrected chi connectivity index (χ4v) is 4.84. The van der Waals surface area contributed by atoms with Crippen molar-refractivity contribution in [3.63, 3.8) is 0 Å². The van der Waals surface area contributed by atoms with Crippen LogP contribution in [0.1, 0.15) is 11.1 Å². The van der Waals surface area contributed by atoms with E-state index in [4.69, 9.17) is 33.3 Å². The Balaban J connectivity index is 1.65. The number of hydrogen-bond acceptors (Lipinski definition) is 5. The van der Waals surface area contributed by atoms with E-state index in [0.29, 0.717) is 32.2 Å². The monoisotopic (exact) mass is 634 g/mol. The number of amides is 2. The second-order valence-corrected chi connectivity index (χ2v) is 9.92. The predicted molar refractivity (Wildman–Crippen MR) is 147 cm³/mol. The van der Waals surface area contributed by atoms with Crippen LogP contribution in [-0.4, -0.2) is 24.0 Å². The van der Waals surface area contributed by atoms with Crippen molar-refractivity contribution in [2.24, 2.45) is 0 Å². The van der Waals surface area contributed by atoms with Crippen LogP contribution >= 0.6 is 55.7 Å². The highest BCUT2D eigenvalue weighted by atomic mass is 79.9. The van der Waals surface area contributed by atoms with Gasteiger partial charge in [-0.25, -0.2) is 0 Å². The molecular formula is C25H17Br2ClN2O4S. The molecule has 0 unspecified atom stereocenters. The quantitative estimate of drug-likeness (QED) is 0.196. The first-order chi connectivity index (χ1) is 16.8. The first-order valence-corrected chi connectivity index (χ1v) is 12.6. The molecule has 1 aliphatic rings. The standard InChI is InChI=1S/C25H17Br2ClN2O4S/c1-33-21-11-14(10-19(27)22(21)34-13-15-5-2-3-8-20(15)28)9-18-23(31)29-25(35)30(24(18)32)17-7-4-6-16(26)12-17/h2-12H,13H2,1H3,(H,29,31,35)/b18-9-. The van der Waals surface area contributed by atoms with Gasteiger partial charge in [-0.2, -0.15) is 0 Å². The number of rotatable bonds is 6. The third-order valence-corrected chi connectivity index (χ3v) is 6.80. The van der Waals surface area contributed by atoms with Crippen molar-refractivity contribution in [3.8, 4) is 11.5 Å². The molecule has 1 fully saturated rings. The van der Waals surface area contributed by atoms with E-state index < -0.39 is 11.8 Å². The number of halogens is 3. The molecule has 178 valence electrons. The SMILES string of the molecule is COc1cc(/C=C2/C(=O)NC(=S)N(c3cccc(Br)c3)C2=O)cc(Br)c1OCc1ccccc1Cl. The van der Waals surface area contributed by atoms with Crippen LogP contribution in [0.15, 0.2) is 75.2 Å². The van der Waals surface area contributed by atoms with Gasteiger partial charge >= 0.3 is 0 Å². The Labute approximate surface area is 229 Å². The maximum atomic E-state index is 13.3. The van der Waals surface area contributed by atoms with Crippen LogP contribution < -0.4 is 19.7 Å². The molecule has 0 saturated carbocycles. The van der Waals surface area contributed by atoms with Crippen LogP contribution in [-0.2, 0) is 16.2 Å². The van der Waals surface area contributed by atoms with E-state index in [1.807, 2.05) is 24.3 Å². The summed E-state index contributed by atoms with van der Waals surface area (Å²) in [5.74, 6) is -0.237. The van der Waals surface area contributed by atoms with Crippen molar-refractivity contribution < 1.29 is 19.1 Å². The lowest BCUT2D eigenvalue weighted by molar-refractivity contribution is -0.122.